The predicted molar refractivity (Wildman–Crippen MR) is 122 cm³/mol. The van der Waals surface area contributed by atoms with Crippen molar-refractivity contribution < 1.29 is 4.79 Å². The number of benzene rings is 2. The molecule has 2 aromatic carbocycles. The molecule has 0 aliphatic rings. The monoisotopic (exact) mass is 442 g/mol. The number of anilines is 2. The fraction of sp³-hybridized carbons (Fsp3) is 0.143. The third-order valence-corrected chi connectivity index (χ3v) is 4.73. The van der Waals surface area contributed by atoms with Crippen LogP contribution in [0.3, 0.4) is 0 Å². The molecule has 0 atom stereocenters. The molecule has 154 valence electrons. The minimum atomic E-state index is -0.516. The largest absolute Gasteiger partial charge is 0.326 e. The second-order valence-corrected chi connectivity index (χ2v) is 7.37. The lowest BCUT2D eigenvalue weighted by Crippen LogP contribution is -2.39. The molecule has 0 unspecified atom stereocenters. The molecule has 0 aliphatic heterocycles. The first-order valence-corrected chi connectivity index (χ1v) is 9.82. The Kier molecular flexibility index (Phi) is 6.87. The maximum absolute atomic E-state index is 12.6. The number of carbonyl (C=O) groups is 1. The third-order valence-electron chi connectivity index (χ3n) is 3.99. The van der Waals surface area contributed by atoms with Gasteiger partial charge >= 0.3 is 6.03 Å². The summed E-state index contributed by atoms with van der Waals surface area (Å²) < 4.78 is 0. The average molecular weight is 443 g/mol. The van der Waals surface area contributed by atoms with Gasteiger partial charge in [-0.15, -0.1) is 0 Å². The van der Waals surface area contributed by atoms with E-state index in [1.807, 2.05) is 51.1 Å². The van der Waals surface area contributed by atoms with Crippen molar-refractivity contribution in [2.45, 2.75) is 20.8 Å². The van der Waals surface area contributed by atoms with E-state index in [0.29, 0.717) is 15.7 Å². The second kappa shape index (κ2) is 9.56. The van der Waals surface area contributed by atoms with Crippen molar-refractivity contribution in [3.05, 3.63) is 75.5 Å². The van der Waals surface area contributed by atoms with E-state index in [1.165, 1.54) is 0 Å². The highest BCUT2D eigenvalue weighted by atomic mass is 35.5. The zero-order valence-corrected chi connectivity index (χ0v) is 18.1. The van der Waals surface area contributed by atoms with Gasteiger partial charge in [0, 0.05) is 22.8 Å². The van der Waals surface area contributed by atoms with Gasteiger partial charge in [0.15, 0.2) is 0 Å². The van der Waals surface area contributed by atoms with Crippen LogP contribution in [0.15, 0.2) is 53.5 Å². The fourth-order valence-corrected chi connectivity index (χ4v) is 2.93. The summed E-state index contributed by atoms with van der Waals surface area (Å²) in [5.41, 5.74) is 3.81. The number of hydrogen-bond acceptors (Lipinski definition) is 4. The molecule has 2 amide bonds. The van der Waals surface area contributed by atoms with E-state index in [-0.39, 0.29) is 11.9 Å². The highest BCUT2D eigenvalue weighted by Gasteiger charge is 2.11. The van der Waals surface area contributed by atoms with Crippen LogP contribution in [0.4, 0.5) is 22.1 Å². The number of urea groups is 1. The molecule has 3 aromatic rings. The third kappa shape index (κ3) is 5.92. The first-order chi connectivity index (χ1) is 14.3. The van der Waals surface area contributed by atoms with Gasteiger partial charge in [-0.2, -0.15) is 4.99 Å². The highest BCUT2D eigenvalue weighted by molar-refractivity contribution is 6.42. The number of aryl methyl sites for hydroxylation is 3. The molecule has 0 spiro atoms. The standard InChI is InChI=1S/C21H20Cl2N6O/c1-12-6-4-5-7-18(12)27-20(28-19-24-13(2)10-14(3)25-19)29-21(30)26-15-8-9-16(22)17(23)11-15/h4-11H,1-3H3,(H3,24,25,26,27,28,29,30). The van der Waals surface area contributed by atoms with Crippen molar-refractivity contribution >= 4 is 52.5 Å². The molecule has 30 heavy (non-hydrogen) atoms. The molecular weight excluding hydrogens is 423 g/mol. The van der Waals surface area contributed by atoms with Gasteiger partial charge < -0.3 is 10.6 Å². The van der Waals surface area contributed by atoms with E-state index >= 15 is 0 Å². The van der Waals surface area contributed by atoms with Gasteiger partial charge in [0.05, 0.1) is 10.0 Å². The molecule has 0 aliphatic carbocycles. The Morgan fingerprint density at radius 1 is 0.900 bits per heavy atom. The first kappa shape index (κ1) is 21.5. The van der Waals surface area contributed by atoms with E-state index < -0.39 is 6.03 Å². The van der Waals surface area contributed by atoms with Crippen LogP contribution in [0.25, 0.3) is 0 Å². The number of aromatic nitrogens is 2. The lowest BCUT2D eigenvalue weighted by Gasteiger charge is -2.14. The summed E-state index contributed by atoms with van der Waals surface area (Å²) in [6.07, 6.45) is 0. The van der Waals surface area contributed by atoms with Crippen LogP contribution in [0.2, 0.25) is 10.0 Å². The van der Waals surface area contributed by atoms with Crippen molar-refractivity contribution in [3.63, 3.8) is 0 Å². The highest BCUT2D eigenvalue weighted by Crippen LogP contribution is 2.25. The number of para-hydroxylation sites is 1. The van der Waals surface area contributed by atoms with E-state index in [1.54, 1.807) is 18.2 Å². The van der Waals surface area contributed by atoms with E-state index in [9.17, 15) is 4.79 Å². The van der Waals surface area contributed by atoms with Crippen LogP contribution >= 0.6 is 23.2 Å². The average Bonchev–Trinajstić information content (AvgIpc) is 2.65. The van der Waals surface area contributed by atoms with Crippen molar-refractivity contribution in [2.75, 3.05) is 10.6 Å². The maximum atomic E-state index is 12.6. The zero-order chi connectivity index (χ0) is 21.7. The summed E-state index contributed by atoms with van der Waals surface area (Å²) in [5, 5.41) is 9.25. The summed E-state index contributed by atoms with van der Waals surface area (Å²) in [5.74, 6) is 0.408. The number of carbonyl (C=O) groups excluding carboxylic acids is 1. The lowest BCUT2D eigenvalue weighted by molar-refractivity contribution is 0.256. The van der Waals surface area contributed by atoms with Gasteiger partial charge in [-0.1, -0.05) is 41.4 Å². The van der Waals surface area contributed by atoms with Crippen molar-refractivity contribution in [2.24, 2.45) is 4.99 Å². The van der Waals surface area contributed by atoms with Crippen molar-refractivity contribution in [3.8, 4) is 0 Å². The van der Waals surface area contributed by atoms with Crippen LogP contribution in [0, 0.1) is 20.8 Å². The molecule has 0 radical (unpaired) electrons. The van der Waals surface area contributed by atoms with Crippen LogP contribution < -0.4 is 16.0 Å². The Balaban J connectivity index is 1.86. The predicted octanol–water partition coefficient (Wildman–Crippen LogP) is 5.63. The maximum Gasteiger partial charge on any atom is 0.326 e. The molecule has 0 saturated carbocycles. The summed E-state index contributed by atoms with van der Waals surface area (Å²) in [6, 6.07) is 13.8. The number of hydrogen-bond donors (Lipinski definition) is 3. The molecule has 3 rings (SSSR count). The number of nitrogens with zero attached hydrogens (tertiary/aromatic N) is 3. The number of nitrogens with one attached hydrogen (secondary N) is 3. The van der Waals surface area contributed by atoms with Gasteiger partial charge in [0.2, 0.25) is 5.96 Å². The van der Waals surface area contributed by atoms with Crippen LogP contribution in [0.5, 0.6) is 0 Å². The smallest absolute Gasteiger partial charge is 0.325 e. The number of rotatable bonds is 3. The number of amides is 2. The van der Waals surface area contributed by atoms with Gasteiger partial charge in [0.1, 0.15) is 0 Å². The van der Waals surface area contributed by atoms with E-state index in [4.69, 9.17) is 23.2 Å². The van der Waals surface area contributed by atoms with Crippen molar-refractivity contribution in [1.82, 2.24) is 15.3 Å². The van der Waals surface area contributed by atoms with Crippen LogP contribution in [-0.4, -0.2) is 22.0 Å². The molecule has 1 aromatic heterocycles. The van der Waals surface area contributed by atoms with Gasteiger partial charge in [-0.25, -0.2) is 14.8 Å². The molecule has 7 nitrogen and oxygen atoms in total. The van der Waals surface area contributed by atoms with Gasteiger partial charge in [-0.3, -0.25) is 5.32 Å². The molecule has 0 fully saturated rings. The van der Waals surface area contributed by atoms with E-state index in [2.05, 4.69) is 30.9 Å². The summed E-state index contributed by atoms with van der Waals surface area (Å²) in [6.45, 7) is 5.65. The van der Waals surface area contributed by atoms with E-state index in [0.717, 1.165) is 22.6 Å². The minimum Gasteiger partial charge on any atom is -0.325 e. The molecule has 0 saturated heterocycles. The topological polar surface area (TPSA) is 91.3 Å². The summed E-state index contributed by atoms with van der Waals surface area (Å²) in [4.78, 5) is 25.6. The Labute approximate surface area is 184 Å². The van der Waals surface area contributed by atoms with Crippen molar-refractivity contribution in [1.29, 1.82) is 0 Å². The van der Waals surface area contributed by atoms with Gasteiger partial charge in [0.25, 0.3) is 5.95 Å². The SMILES string of the molecule is Cc1cc(C)nc(/N=C(/NC(=O)Nc2ccc(Cl)c(Cl)c2)Nc2ccccc2C)n1. The number of aliphatic imine (C=N–C) groups is 1. The number of halogens is 2. The molecule has 9 heteroatoms. The molecule has 1 heterocycles. The Hall–Kier alpha value is -3.16. The molecule has 3 N–H and O–H groups in total. The van der Waals surface area contributed by atoms with Crippen LogP contribution in [-0.2, 0) is 0 Å². The Morgan fingerprint density at radius 2 is 1.60 bits per heavy atom. The first-order valence-electron chi connectivity index (χ1n) is 9.07. The Bertz CT molecular complexity index is 1100. The molecule has 0 bridgehead atoms. The normalized spacial score (nSPS) is 11.2. The molecular formula is C21H20Cl2N6O. The van der Waals surface area contributed by atoms with Gasteiger partial charge in [-0.05, 0) is 56.7 Å². The summed E-state index contributed by atoms with van der Waals surface area (Å²) >= 11 is 11.9. The Morgan fingerprint density at radius 3 is 2.27 bits per heavy atom. The van der Waals surface area contributed by atoms with Crippen LogP contribution in [0.1, 0.15) is 17.0 Å². The second-order valence-electron chi connectivity index (χ2n) is 6.56. The fourth-order valence-electron chi connectivity index (χ4n) is 2.63. The number of guanidine groups is 1. The zero-order valence-electron chi connectivity index (χ0n) is 16.6. The lowest BCUT2D eigenvalue weighted by atomic mass is 10.2. The quantitative estimate of drug-likeness (QED) is 0.362. The minimum absolute atomic E-state index is 0.173. The summed E-state index contributed by atoms with van der Waals surface area (Å²) in [7, 11) is 0.